The number of rotatable bonds is 7. The lowest BCUT2D eigenvalue weighted by molar-refractivity contribution is -0.116. The van der Waals surface area contributed by atoms with E-state index in [1.807, 2.05) is 36.4 Å². The van der Waals surface area contributed by atoms with Crippen molar-refractivity contribution in [1.82, 2.24) is 30.3 Å². The molecule has 0 spiro atoms. The number of aromatic nitrogens is 6. The molecule has 2 heterocycles. The Morgan fingerprint density at radius 2 is 2.03 bits per heavy atom. The standard InChI is InChI=1S/C20H19N7O3/c1-13-23-25-26-27(13)16-5-3-4-15(12-16)21-18(28)10-11-19-22-20(24-30-19)14-6-8-17(29-2)9-7-14/h3-9,12H,10-11H2,1-2H3,(H,21,28). The summed E-state index contributed by atoms with van der Waals surface area (Å²) in [6, 6.07) is 14.6. The van der Waals surface area contributed by atoms with Crippen LogP contribution in [0.2, 0.25) is 0 Å². The fourth-order valence-electron chi connectivity index (χ4n) is 2.84. The largest absolute Gasteiger partial charge is 0.497 e. The molecule has 0 unspecified atom stereocenters. The summed E-state index contributed by atoms with van der Waals surface area (Å²) in [7, 11) is 1.61. The summed E-state index contributed by atoms with van der Waals surface area (Å²) < 4.78 is 12.0. The van der Waals surface area contributed by atoms with E-state index >= 15 is 0 Å². The zero-order chi connectivity index (χ0) is 20.9. The number of hydrogen-bond acceptors (Lipinski definition) is 8. The lowest BCUT2D eigenvalue weighted by Gasteiger charge is -2.07. The molecule has 0 aliphatic rings. The number of ether oxygens (including phenoxy) is 1. The maximum atomic E-state index is 12.3. The summed E-state index contributed by atoms with van der Waals surface area (Å²) in [5, 5.41) is 18.3. The molecule has 1 N–H and O–H groups in total. The molecule has 1 amide bonds. The van der Waals surface area contributed by atoms with Gasteiger partial charge >= 0.3 is 0 Å². The predicted octanol–water partition coefficient (Wildman–Crippen LogP) is 2.60. The molecule has 4 aromatic rings. The highest BCUT2D eigenvalue weighted by Crippen LogP contribution is 2.20. The van der Waals surface area contributed by atoms with Crippen LogP contribution in [0.15, 0.2) is 53.1 Å². The Kier molecular flexibility index (Phi) is 5.46. The maximum absolute atomic E-state index is 12.3. The van der Waals surface area contributed by atoms with E-state index in [4.69, 9.17) is 9.26 Å². The Labute approximate surface area is 171 Å². The van der Waals surface area contributed by atoms with Crippen molar-refractivity contribution in [3.8, 4) is 22.8 Å². The molecule has 2 aromatic carbocycles. The van der Waals surface area contributed by atoms with Gasteiger partial charge in [-0.15, -0.1) is 5.10 Å². The summed E-state index contributed by atoms with van der Waals surface area (Å²) in [6.45, 7) is 1.80. The minimum atomic E-state index is -0.162. The van der Waals surface area contributed by atoms with E-state index < -0.39 is 0 Å². The van der Waals surface area contributed by atoms with Crippen LogP contribution in [0.1, 0.15) is 18.1 Å². The minimum absolute atomic E-state index is 0.162. The molecule has 0 atom stereocenters. The zero-order valence-electron chi connectivity index (χ0n) is 16.4. The van der Waals surface area contributed by atoms with Gasteiger partial charge in [-0.3, -0.25) is 4.79 Å². The second-order valence-corrected chi connectivity index (χ2v) is 6.48. The third-order valence-electron chi connectivity index (χ3n) is 4.38. The zero-order valence-corrected chi connectivity index (χ0v) is 16.4. The SMILES string of the molecule is COc1ccc(-c2noc(CCC(=O)Nc3cccc(-n4nnnc4C)c3)n2)cc1. The van der Waals surface area contributed by atoms with Gasteiger partial charge < -0.3 is 14.6 Å². The van der Waals surface area contributed by atoms with Gasteiger partial charge in [0.2, 0.25) is 17.6 Å². The van der Waals surface area contributed by atoms with Crippen molar-refractivity contribution >= 4 is 11.6 Å². The molecule has 0 aliphatic heterocycles. The van der Waals surface area contributed by atoms with Crippen LogP contribution < -0.4 is 10.1 Å². The quantitative estimate of drug-likeness (QED) is 0.498. The summed E-state index contributed by atoms with van der Waals surface area (Å²) >= 11 is 0. The monoisotopic (exact) mass is 405 g/mol. The summed E-state index contributed by atoms with van der Waals surface area (Å²) in [5.41, 5.74) is 2.22. The Balaban J connectivity index is 1.35. The fraction of sp³-hybridized carbons (Fsp3) is 0.200. The lowest BCUT2D eigenvalue weighted by atomic mass is 10.2. The molecular weight excluding hydrogens is 386 g/mol. The van der Waals surface area contributed by atoms with Gasteiger partial charge in [0.1, 0.15) is 5.75 Å². The molecule has 0 bridgehead atoms. The molecule has 152 valence electrons. The maximum Gasteiger partial charge on any atom is 0.227 e. The van der Waals surface area contributed by atoms with Crippen molar-refractivity contribution in [2.24, 2.45) is 0 Å². The topological polar surface area (TPSA) is 121 Å². The Hall–Kier alpha value is -4.08. The van der Waals surface area contributed by atoms with Crippen molar-refractivity contribution in [3.05, 3.63) is 60.2 Å². The second kappa shape index (κ2) is 8.52. The van der Waals surface area contributed by atoms with Crippen LogP contribution >= 0.6 is 0 Å². The number of methoxy groups -OCH3 is 1. The Morgan fingerprint density at radius 3 is 2.77 bits per heavy atom. The highest BCUT2D eigenvalue weighted by molar-refractivity contribution is 5.91. The van der Waals surface area contributed by atoms with Gasteiger partial charge in [0.25, 0.3) is 0 Å². The van der Waals surface area contributed by atoms with Crippen LogP contribution in [0.25, 0.3) is 17.1 Å². The highest BCUT2D eigenvalue weighted by Gasteiger charge is 2.12. The first-order valence-corrected chi connectivity index (χ1v) is 9.24. The molecule has 30 heavy (non-hydrogen) atoms. The highest BCUT2D eigenvalue weighted by atomic mass is 16.5. The smallest absolute Gasteiger partial charge is 0.227 e. The van der Waals surface area contributed by atoms with Crippen LogP contribution in [-0.4, -0.2) is 43.4 Å². The molecular formula is C20H19N7O3. The van der Waals surface area contributed by atoms with E-state index in [2.05, 4.69) is 31.0 Å². The van der Waals surface area contributed by atoms with E-state index in [-0.39, 0.29) is 12.3 Å². The van der Waals surface area contributed by atoms with Crippen LogP contribution in [0.4, 0.5) is 5.69 Å². The van der Waals surface area contributed by atoms with Crippen LogP contribution in [0.3, 0.4) is 0 Å². The van der Waals surface area contributed by atoms with Gasteiger partial charge in [-0.05, 0) is 59.8 Å². The molecule has 0 radical (unpaired) electrons. The number of amides is 1. The number of hydrogen-bond donors (Lipinski definition) is 1. The van der Waals surface area contributed by atoms with Gasteiger partial charge in [-0.2, -0.15) is 9.67 Å². The molecule has 4 rings (SSSR count). The second-order valence-electron chi connectivity index (χ2n) is 6.48. The first kappa shape index (κ1) is 19.2. The number of nitrogens with zero attached hydrogens (tertiary/aromatic N) is 6. The summed E-state index contributed by atoms with van der Waals surface area (Å²) in [4.78, 5) is 16.7. The normalized spacial score (nSPS) is 10.7. The molecule has 2 aromatic heterocycles. The average molecular weight is 405 g/mol. The first-order chi connectivity index (χ1) is 14.6. The average Bonchev–Trinajstić information content (AvgIpc) is 3.41. The molecule has 0 fully saturated rings. The molecule has 10 heteroatoms. The van der Waals surface area contributed by atoms with Crippen molar-refractivity contribution < 1.29 is 14.1 Å². The number of carbonyl (C=O) groups is 1. The van der Waals surface area contributed by atoms with Gasteiger partial charge in [0, 0.05) is 24.1 Å². The Bertz CT molecular complexity index is 1150. The van der Waals surface area contributed by atoms with Gasteiger partial charge in [0.15, 0.2) is 5.82 Å². The Morgan fingerprint density at radius 1 is 1.20 bits per heavy atom. The number of anilines is 1. The number of benzene rings is 2. The van der Waals surface area contributed by atoms with E-state index in [0.717, 1.165) is 17.0 Å². The number of nitrogens with one attached hydrogen (secondary N) is 1. The fourth-order valence-corrected chi connectivity index (χ4v) is 2.84. The van der Waals surface area contributed by atoms with Crippen molar-refractivity contribution in [3.63, 3.8) is 0 Å². The van der Waals surface area contributed by atoms with Crippen LogP contribution in [0.5, 0.6) is 5.75 Å². The summed E-state index contributed by atoms with van der Waals surface area (Å²) in [5.74, 6) is 2.11. The number of carbonyl (C=O) groups excluding carboxylic acids is 1. The number of aryl methyl sites for hydroxylation is 2. The van der Waals surface area contributed by atoms with E-state index in [1.54, 1.807) is 30.8 Å². The van der Waals surface area contributed by atoms with Crippen molar-refractivity contribution in [2.45, 2.75) is 19.8 Å². The molecule has 0 saturated heterocycles. The first-order valence-electron chi connectivity index (χ1n) is 9.24. The predicted molar refractivity (Wildman–Crippen MR) is 107 cm³/mol. The molecule has 0 aliphatic carbocycles. The number of tetrazole rings is 1. The third-order valence-corrected chi connectivity index (χ3v) is 4.38. The van der Waals surface area contributed by atoms with Gasteiger partial charge in [0.05, 0.1) is 12.8 Å². The minimum Gasteiger partial charge on any atom is -0.497 e. The van der Waals surface area contributed by atoms with Crippen molar-refractivity contribution in [2.75, 3.05) is 12.4 Å². The van der Waals surface area contributed by atoms with E-state index in [0.29, 0.717) is 29.6 Å². The van der Waals surface area contributed by atoms with Gasteiger partial charge in [-0.1, -0.05) is 11.2 Å². The van der Waals surface area contributed by atoms with Crippen LogP contribution in [-0.2, 0) is 11.2 Å². The molecule has 0 saturated carbocycles. The van der Waals surface area contributed by atoms with Gasteiger partial charge in [-0.25, -0.2) is 0 Å². The summed E-state index contributed by atoms with van der Waals surface area (Å²) in [6.07, 6.45) is 0.541. The van der Waals surface area contributed by atoms with Crippen LogP contribution in [0, 0.1) is 6.92 Å². The van der Waals surface area contributed by atoms with E-state index in [9.17, 15) is 4.79 Å². The lowest BCUT2D eigenvalue weighted by Crippen LogP contribution is -2.13. The third kappa shape index (κ3) is 4.32. The van der Waals surface area contributed by atoms with E-state index in [1.165, 1.54) is 0 Å². The van der Waals surface area contributed by atoms with Crippen molar-refractivity contribution in [1.29, 1.82) is 0 Å². The molecule has 10 nitrogen and oxygen atoms in total.